The highest BCUT2D eigenvalue weighted by Crippen LogP contribution is 2.13. The molecule has 0 saturated heterocycles. The molecule has 0 aliphatic carbocycles. The molecule has 0 bridgehead atoms. The average Bonchev–Trinajstić information content (AvgIpc) is 2.46. The summed E-state index contributed by atoms with van der Waals surface area (Å²) < 4.78 is 23.4. The van der Waals surface area contributed by atoms with Crippen molar-refractivity contribution in [3.8, 4) is 0 Å². The molecule has 0 aromatic heterocycles. The summed E-state index contributed by atoms with van der Waals surface area (Å²) in [6.07, 6.45) is -0.378. The number of hydrogen-bond acceptors (Lipinski definition) is 4. The highest BCUT2D eigenvalue weighted by Gasteiger charge is 2.22. The van der Waals surface area contributed by atoms with Crippen LogP contribution < -0.4 is 5.32 Å². The van der Waals surface area contributed by atoms with Crippen LogP contribution in [0.1, 0.15) is 13.8 Å². The first kappa shape index (κ1) is 16.8. The molecule has 1 aromatic carbocycles. The third kappa shape index (κ3) is 5.35. The summed E-state index contributed by atoms with van der Waals surface area (Å²) in [5.41, 5.74) is 0.0290. The van der Waals surface area contributed by atoms with Gasteiger partial charge in [0.15, 0.2) is 12.2 Å². The van der Waals surface area contributed by atoms with Crippen molar-refractivity contribution >= 4 is 17.6 Å². The summed E-state index contributed by atoms with van der Waals surface area (Å²) in [5.74, 6) is -1.86. The second-order valence-electron chi connectivity index (χ2n) is 4.31. The average molecular weight is 295 g/mol. The van der Waals surface area contributed by atoms with Crippen LogP contribution in [0, 0.1) is 5.82 Å². The minimum absolute atomic E-state index is 0.0290. The van der Waals surface area contributed by atoms with Crippen LogP contribution in [0.15, 0.2) is 36.9 Å². The van der Waals surface area contributed by atoms with E-state index in [9.17, 15) is 14.0 Å². The van der Waals surface area contributed by atoms with E-state index >= 15 is 0 Å². The van der Waals surface area contributed by atoms with Crippen LogP contribution in [0.5, 0.6) is 0 Å². The zero-order valence-electron chi connectivity index (χ0n) is 12.0. The quantitative estimate of drug-likeness (QED) is 0.619. The molecule has 6 heteroatoms. The predicted molar refractivity (Wildman–Crippen MR) is 76.2 cm³/mol. The topological polar surface area (TPSA) is 64.6 Å². The van der Waals surface area contributed by atoms with Gasteiger partial charge >= 0.3 is 5.97 Å². The van der Waals surface area contributed by atoms with Gasteiger partial charge in [-0.15, -0.1) is 6.58 Å². The number of nitrogens with one attached hydrogen (secondary N) is 1. The molecular weight excluding hydrogens is 277 g/mol. The van der Waals surface area contributed by atoms with Crippen molar-refractivity contribution in [1.82, 2.24) is 0 Å². The van der Waals surface area contributed by atoms with Crippen molar-refractivity contribution in [2.24, 2.45) is 0 Å². The summed E-state index contributed by atoms with van der Waals surface area (Å²) >= 11 is 0. The summed E-state index contributed by atoms with van der Waals surface area (Å²) in [6.45, 7) is 6.56. The largest absolute Gasteiger partial charge is 0.451 e. The maximum absolute atomic E-state index is 13.4. The van der Waals surface area contributed by atoms with Gasteiger partial charge in [-0.1, -0.05) is 18.2 Å². The summed E-state index contributed by atoms with van der Waals surface area (Å²) in [5, 5.41) is 2.35. The number of rotatable bonds is 7. The number of para-hydroxylation sites is 1. The van der Waals surface area contributed by atoms with E-state index in [1.54, 1.807) is 6.07 Å². The molecule has 1 amide bonds. The lowest BCUT2D eigenvalue weighted by Gasteiger charge is -2.16. The Kier molecular flexibility index (Phi) is 6.55. The third-order valence-electron chi connectivity index (χ3n) is 2.59. The standard InChI is InChI=1S/C15H18FNO4/c1-4-9-20-11(3)15(19)21-10(2)14(18)17-13-8-6-5-7-12(13)16/h4-8,10-11H,1,9H2,2-3H3,(H,17,18). The van der Waals surface area contributed by atoms with Crippen molar-refractivity contribution in [1.29, 1.82) is 0 Å². The molecule has 1 rings (SSSR count). The number of benzene rings is 1. The van der Waals surface area contributed by atoms with Crippen LogP contribution in [0.3, 0.4) is 0 Å². The van der Waals surface area contributed by atoms with Gasteiger partial charge in [0.1, 0.15) is 5.82 Å². The highest BCUT2D eigenvalue weighted by molar-refractivity contribution is 5.95. The second-order valence-corrected chi connectivity index (χ2v) is 4.31. The lowest BCUT2D eigenvalue weighted by molar-refractivity contribution is -0.163. The first-order valence-corrected chi connectivity index (χ1v) is 6.44. The molecule has 0 heterocycles. The molecule has 0 spiro atoms. The van der Waals surface area contributed by atoms with Crippen LogP contribution in [0.4, 0.5) is 10.1 Å². The van der Waals surface area contributed by atoms with Crippen LogP contribution >= 0.6 is 0 Å². The normalized spacial score (nSPS) is 13.1. The van der Waals surface area contributed by atoms with Crippen molar-refractivity contribution in [3.63, 3.8) is 0 Å². The van der Waals surface area contributed by atoms with Crippen molar-refractivity contribution in [2.75, 3.05) is 11.9 Å². The Balaban J connectivity index is 2.53. The number of amides is 1. The molecule has 0 aliphatic rings. The molecule has 5 nitrogen and oxygen atoms in total. The van der Waals surface area contributed by atoms with Gasteiger partial charge in [-0.2, -0.15) is 0 Å². The van der Waals surface area contributed by atoms with E-state index in [1.165, 1.54) is 38.1 Å². The molecule has 0 fully saturated rings. The maximum atomic E-state index is 13.4. The summed E-state index contributed by atoms with van der Waals surface area (Å²) in [7, 11) is 0. The van der Waals surface area contributed by atoms with Crippen LogP contribution in [0.2, 0.25) is 0 Å². The number of carbonyl (C=O) groups is 2. The first-order chi connectivity index (χ1) is 9.95. The molecule has 2 atom stereocenters. The predicted octanol–water partition coefficient (Wildman–Crippen LogP) is 2.29. The highest BCUT2D eigenvalue weighted by atomic mass is 19.1. The maximum Gasteiger partial charge on any atom is 0.335 e. The van der Waals surface area contributed by atoms with Gasteiger partial charge in [0.05, 0.1) is 12.3 Å². The van der Waals surface area contributed by atoms with Crippen molar-refractivity contribution in [2.45, 2.75) is 26.1 Å². The SMILES string of the molecule is C=CCOC(C)C(=O)OC(C)C(=O)Nc1ccccc1F. The van der Waals surface area contributed by atoms with Crippen molar-refractivity contribution in [3.05, 3.63) is 42.7 Å². The first-order valence-electron chi connectivity index (χ1n) is 6.44. The van der Waals surface area contributed by atoms with E-state index < -0.39 is 29.9 Å². The zero-order chi connectivity index (χ0) is 15.8. The van der Waals surface area contributed by atoms with E-state index in [0.29, 0.717) is 0 Å². The van der Waals surface area contributed by atoms with Gasteiger partial charge in [-0.25, -0.2) is 9.18 Å². The second kappa shape index (κ2) is 8.16. The van der Waals surface area contributed by atoms with Crippen LogP contribution in [-0.4, -0.2) is 30.7 Å². The Morgan fingerprint density at radius 1 is 1.33 bits per heavy atom. The summed E-state index contributed by atoms with van der Waals surface area (Å²) in [4.78, 5) is 23.5. The molecule has 0 aliphatic heterocycles. The molecule has 21 heavy (non-hydrogen) atoms. The lowest BCUT2D eigenvalue weighted by Crippen LogP contribution is -2.34. The number of ether oxygens (including phenoxy) is 2. The van der Waals surface area contributed by atoms with E-state index in [0.717, 1.165) is 0 Å². The molecule has 0 radical (unpaired) electrons. The monoisotopic (exact) mass is 295 g/mol. The Morgan fingerprint density at radius 3 is 2.62 bits per heavy atom. The number of anilines is 1. The van der Waals surface area contributed by atoms with Crippen LogP contribution in [-0.2, 0) is 19.1 Å². The molecule has 0 saturated carbocycles. The van der Waals surface area contributed by atoms with Gasteiger partial charge in [-0.05, 0) is 26.0 Å². The van der Waals surface area contributed by atoms with Crippen LogP contribution in [0.25, 0.3) is 0 Å². The summed E-state index contributed by atoms with van der Waals surface area (Å²) in [6, 6.07) is 5.72. The zero-order valence-corrected chi connectivity index (χ0v) is 12.0. The minimum atomic E-state index is -1.06. The van der Waals surface area contributed by atoms with Gasteiger partial charge in [0.25, 0.3) is 5.91 Å². The van der Waals surface area contributed by atoms with Gasteiger partial charge in [-0.3, -0.25) is 4.79 Å². The van der Waals surface area contributed by atoms with E-state index in [4.69, 9.17) is 9.47 Å². The van der Waals surface area contributed by atoms with Gasteiger partial charge in [0.2, 0.25) is 0 Å². The molecular formula is C15H18FNO4. The number of esters is 1. The lowest BCUT2D eigenvalue weighted by atomic mass is 10.3. The van der Waals surface area contributed by atoms with Gasteiger partial charge in [0, 0.05) is 0 Å². The fourth-order valence-electron chi connectivity index (χ4n) is 1.40. The number of hydrogen-bond donors (Lipinski definition) is 1. The molecule has 1 N–H and O–H groups in total. The number of carbonyl (C=O) groups excluding carboxylic acids is 2. The minimum Gasteiger partial charge on any atom is -0.451 e. The third-order valence-corrected chi connectivity index (χ3v) is 2.59. The van der Waals surface area contributed by atoms with E-state index in [1.807, 2.05) is 0 Å². The Hall–Kier alpha value is -2.21. The smallest absolute Gasteiger partial charge is 0.335 e. The molecule has 1 aromatic rings. The van der Waals surface area contributed by atoms with E-state index in [2.05, 4.69) is 11.9 Å². The Bertz CT molecular complexity index is 518. The fourth-order valence-corrected chi connectivity index (χ4v) is 1.40. The van der Waals surface area contributed by atoms with Gasteiger partial charge < -0.3 is 14.8 Å². The Labute approximate surface area is 122 Å². The Morgan fingerprint density at radius 2 is 2.00 bits per heavy atom. The van der Waals surface area contributed by atoms with E-state index in [-0.39, 0.29) is 12.3 Å². The molecule has 114 valence electrons. The number of halogens is 1. The fraction of sp³-hybridized carbons (Fsp3) is 0.333. The van der Waals surface area contributed by atoms with Crippen molar-refractivity contribution < 1.29 is 23.5 Å². The molecule has 2 unspecified atom stereocenters.